The molecule has 25 heavy (non-hydrogen) atoms. The Morgan fingerprint density at radius 2 is 2.32 bits per heavy atom. The molecular formula is C17H20FN3O4. The van der Waals surface area contributed by atoms with Gasteiger partial charge >= 0.3 is 0 Å². The third-order valence-corrected chi connectivity index (χ3v) is 4.35. The number of aromatic nitrogens is 2. The van der Waals surface area contributed by atoms with E-state index in [0.717, 1.165) is 0 Å². The molecule has 0 aliphatic carbocycles. The van der Waals surface area contributed by atoms with Gasteiger partial charge in [0.1, 0.15) is 12.4 Å². The van der Waals surface area contributed by atoms with Crippen LogP contribution in [0.4, 0.5) is 4.39 Å². The van der Waals surface area contributed by atoms with E-state index in [0.29, 0.717) is 30.4 Å². The maximum absolute atomic E-state index is 13.3. The Morgan fingerprint density at radius 3 is 3.04 bits per heavy atom. The standard InChI is InChI=1S/C17H20FN3O4/c1-24-10-15-19-17(25-20-15)14-8-21(7-12(14)9-22)16(23)6-11-3-2-4-13(18)5-11/h2-5,12,14,22H,6-10H2,1H3/t12-,14+/m0/s1. The molecule has 0 saturated carbocycles. The van der Waals surface area contributed by atoms with E-state index in [9.17, 15) is 14.3 Å². The fraction of sp³-hybridized carbons (Fsp3) is 0.471. The number of aliphatic hydroxyl groups is 1. The second-order valence-electron chi connectivity index (χ2n) is 6.14. The number of hydrogen-bond acceptors (Lipinski definition) is 6. The summed E-state index contributed by atoms with van der Waals surface area (Å²) in [7, 11) is 1.54. The Bertz CT molecular complexity index is 736. The number of hydrogen-bond donors (Lipinski definition) is 1. The minimum absolute atomic E-state index is 0.0869. The fourth-order valence-corrected chi connectivity index (χ4v) is 3.08. The summed E-state index contributed by atoms with van der Waals surface area (Å²) in [6.07, 6.45) is 0.112. The van der Waals surface area contributed by atoms with E-state index in [1.54, 1.807) is 17.0 Å². The van der Waals surface area contributed by atoms with Crippen LogP contribution in [0.25, 0.3) is 0 Å². The van der Waals surface area contributed by atoms with Crippen LogP contribution in [0, 0.1) is 11.7 Å². The molecule has 1 N–H and O–H groups in total. The second kappa shape index (κ2) is 7.71. The van der Waals surface area contributed by atoms with Gasteiger partial charge in [0.2, 0.25) is 11.8 Å². The van der Waals surface area contributed by atoms with Gasteiger partial charge in [-0.05, 0) is 17.7 Å². The molecule has 0 spiro atoms. The number of rotatable bonds is 6. The third-order valence-electron chi connectivity index (χ3n) is 4.35. The lowest BCUT2D eigenvalue weighted by Crippen LogP contribution is -2.30. The van der Waals surface area contributed by atoms with Crippen LogP contribution in [0.2, 0.25) is 0 Å². The number of likely N-dealkylation sites (tertiary alicyclic amines) is 1. The Kier molecular flexibility index (Phi) is 5.40. The van der Waals surface area contributed by atoms with Crippen molar-refractivity contribution in [3.05, 3.63) is 47.4 Å². The highest BCUT2D eigenvalue weighted by Crippen LogP contribution is 2.32. The molecule has 0 unspecified atom stereocenters. The maximum atomic E-state index is 13.3. The van der Waals surface area contributed by atoms with Crippen molar-refractivity contribution in [3.8, 4) is 0 Å². The van der Waals surface area contributed by atoms with Crippen LogP contribution < -0.4 is 0 Å². The smallest absolute Gasteiger partial charge is 0.232 e. The summed E-state index contributed by atoms with van der Waals surface area (Å²) in [6, 6.07) is 5.99. The SMILES string of the molecule is COCc1noc([C@@H]2CN(C(=O)Cc3cccc(F)c3)C[C@H]2CO)n1. The lowest BCUT2D eigenvalue weighted by molar-refractivity contribution is -0.129. The van der Waals surface area contributed by atoms with Crippen molar-refractivity contribution < 1.29 is 23.6 Å². The van der Waals surface area contributed by atoms with E-state index in [-0.39, 0.29) is 43.2 Å². The first-order valence-corrected chi connectivity index (χ1v) is 8.05. The fourth-order valence-electron chi connectivity index (χ4n) is 3.08. The molecule has 1 fully saturated rings. The zero-order valence-electron chi connectivity index (χ0n) is 13.9. The molecule has 134 valence electrons. The summed E-state index contributed by atoms with van der Waals surface area (Å²) in [6.45, 7) is 0.934. The van der Waals surface area contributed by atoms with Crippen LogP contribution in [0.5, 0.6) is 0 Å². The summed E-state index contributed by atoms with van der Waals surface area (Å²) in [4.78, 5) is 18.4. The van der Waals surface area contributed by atoms with Gasteiger partial charge in [-0.25, -0.2) is 4.39 Å². The first-order valence-electron chi connectivity index (χ1n) is 8.05. The monoisotopic (exact) mass is 349 g/mol. The van der Waals surface area contributed by atoms with Gasteiger partial charge in [0.15, 0.2) is 5.82 Å². The van der Waals surface area contributed by atoms with Crippen LogP contribution in [-0.2, 0) is 22.6 Å². The Morgan fingerprint density at radius 1 is 1.48 bits per heavy atom. The highest BCUT2D eigenvalue weighted by atomic mass is 19.1. The predicted octanol–water partition coefficient (Wildman–Crippen LogP) is 1.13. The van der Waals surface area contributed by atoms with E-state index in [1.165, 1.54) is 19.2 Å². The second-order valence-corrected chi connectivity index (χ2v) is 6.14. The molecule has 2 aromatic rings. The summed E-state index contributed by atoms with van der Waals surface area (Å²) < 4.78 is 23.5. The molecule has 2 heterocycles. The number of carbonyl (C=O) groups is 1. The first-order chi connectivity index (χ1) is 12.1. The first kappa shape index (κ1) is 17.5. The average molecular weight is 349 g/mol. The summed E-state index contributed by atoms with van der Waals surface area (Å²) in [5, 5.41) is 13.5. The van der Waals surface area contributed by atoms with Crippen molar-refractivity contribution in [1.29, 1.82) is 0 Å². The topological polar surface area (TPSA) is 88.7 Å². The van der Waals surface area contributed by atoms with Crippen molar-refractivity contribution >= 4 is 5.91 Å². The Hall–Kier alpha value is -2.32. The van der Waals surface area contributed by atoms with Gasteiger partial charge in [-0.2, -0.15) is 4.98 Å². The Labute approximate surface area is 144 Å². The van der Waals surface area contributed by atoms with Gasteiger partial charge in [-0.3, -0.25) is 4.79 Å². The van der Waals surface area contributed by atoms with E-state index in [2.05, 4.69) is 10.1 Å². The maximum Gasteiger partial charge on any atom is 0.232 e. The minimum Gasteiger partial charge on any atom is -0.396 e. The molecule has 0 bridgehead atoms. The lowest BCUT2D eigenvalue weighted by Gasteiger charge is -2.16. The van der Waals surface area contributed by atoms with Gasteiger partial charge in [0, 0.05) is 32.7 Å². The molecule has 3 rings (SSSR count). The summed E-state index contributed by atoms with van der Waals surface area (Å²) >= 11 is 0. The average Bonchev–Trinajstić information content (AvgIpc) is 3.21. The van der Waals surface area contributed by atoms with E-state index >= 15 is 0 Å². The van der Waals surface area contributed by atoms with Gasteiger partial charge < -0.3 is 19.3 Å². The normalized spacial score (nSPS) is 20.2. The number of nitrogens with zero attached hydrogens (tertiary/aromatic N) is 3. The van der Waals surface area contributed by atoms with Crippen molar-refractivity contribution in [1.82, 2.24) is 15.0 Å². The molecule has 8 heteroatoms. The molecule has 7 nitrogen and oxygen atoms in total. The molecule has 1 aliphatic rings. The molecule has 1 aromatic heterocycles. The Balaban J connectivity index is 1.68. The molecule has 1 aromatic carbocycles. The van der Waals surface area contributed by atoms with Crippen molar-refractivity contribution in [2.45, 2.75) is 18.9 Å². The van der Waals surface area contributed by atoms with E-state index < -0.39 is 0 Å². The number of methoxy groups -OCH3 is 1. The van der Waals surface area contributed by atoms with E-state index in [4.69, 9.17) is 9.26 Å². The predicted molar refractivity (Wildman–Crippen MR) is 85.0 cm³/mol. The van der Waals surface area contributed by atoms with Crippen molar-refractivity contribution in [2.75, 3.05) is 26.8 Å². The number of halogens is 1. The van der Waals surface area contributed by atoms with Crippen molar-refractivity contribution in [3.63, 3.8) is 0 Å². The van der Waals surface area contributed by atoms with Crippen molar-refractivity contribution in [2.24, 2.45) is 5.92 Å². The third kappa shape index (κ3) is 4.02. The number of amides is 1. The number of aliphatic hydroxyl groups excluding tert-OH is 1. The van der Waals surface area contributed by atoms with Crippen LogP contribution >= 0.6 is 0 Å². The van der Waals surface area contributed by atoms with Gasteiger partial charge in [0.25, 0.3) is 0 Å². The lowest BCUT2D eigenvalue weighted by atomic mass is 9.97. The van der Waals surface area contributed by atoms with E-state index in [1.807, 2.05) is 0 Å². The van der Waals surface area contributed by atoms with Gasteiger partial charge in [-0.15, -0.1) is 0 Å². The molecule has 1 saturated heterocycles. The largest absolute Gasteiger partial charge is 0.396 e. The molecule has 2 atom stereocenters. The van der Waals surface area contributed by atoms with Crippen LogP contribution in [0.3, 0.4) is 0 Å². The molecule has 0 radical (unpaired) electrons. The zero-order chi connectivity index (χ0) is 17.8. The van der Waals surface area contributed by atoms with Gasteiger partial charge in [0.05, 0.1) is 12.3 Å². The summed E-state index contributed by atoms with van der Waals surface area (Å²) in [5.41, 5.74) is 0.620. The molecule has 1 amide bonds. The number of ether oxygens (including phenoxy) is 1. The highest BCUT2D eigenvalue weighted by molar-refractivity contribution is 5.79. The molecule has 1 aliphatic heterocycles. The minimum atomic E-state index is -0.366. The highest BCUT2D eigenvalue weighted by Gasteiger charge is 2.39. The quantitative estimate of drug-likeness (QED) is 0.841. The zero-order valence-corrected chi connectivity index (χ0v) is 13.9. The summed E-state index contributed by atoms with van der Waals surface area (Å²) in [5.74, 6) is -0.0599. The van der Waals surface area contributed by atoms with Crippen LogP contribution in [0.1, 0.15) is 23.2 Å². The number of carbonyl (C=O) groups excluding carboxylic acids is 1. The van der Waals surface area contributed by atoms with Gasteiger partial charge in [-0.1, -0.05) is 17.3 Å². The van der Waals surface area contributed by atoms with Crippen LogP contribution in [0.15, 0.2) is 28.8 Å². The molecular weight excluding hydrogens is 329 g/mol. The van der Waals surface area contributed by atoms with Crippen LogP contribution in [-0.4, -0.2) is 52.9 Å². The number of benzene rings is 1.